The smallest absolute Gasteiger partial charge is 0.347 e. The van der Waals surface area contributed by atoms with Crippen LogP contribution in [0.4, 0.5) is 4.39 Å². The lowest BCUT2D eigenvalue weighted by Crippen LogP contribution is -2.40. The van der Waals surface area contributed by atoms with Crippen molar-refractivity contribution < 1.29 is 28.6 Å². The van der Waals surface area contributed by atoms with Crippen LogP contribution in [0.5, 0.6) is 17.2 Å². The van der Waals surface area contributed by atoms with Gasteiger partial charge in [-0.1, -0.05) is 12.1 Å². The van der Waals surface area contributed by atoms with Gasteiger partial charge in [0.05, 0.1) is 42.3 Å². The molecule has 0 saturated carbocycles. The lowest BCUT2D eigenvalue weighted by atomic mass is 9.69. The van der Waals surface area contributed by atoms with Crippen molar-refractivity contribution >= 4 is 38.5 Å². The van der Waals surface area contributed by atoms with Crippen molar-refractivity contribution in [2.24, 2.45) is 7.05 Å². The number of allylic oxidation sites excluding steroid dienone is 6. The van der Waals surface area contributed by atoms with Crippen LogP contribution >= 0.6 is 15.9 Å². The van der Waals surface area contributed by atoms with Gasteiger partial charge in [0.25, 0.3) is 5.56 Å². The number of rotatable bonds is 6. The summed E-state index contributed by atoms with van der Waals surface area (Å²) < 4.78 is 30.3. The highest BCUT2D eigenvalue weighted by Crippen LogP contribution is 2.50. The van der Waals surface area contributed by atoms with E-state index in [2.05, 4.69) is 20.9 Å². The number of nitrogens with zero attached hydrogens (tertiary/aromatic N) is 5. The van der Waals surface area contributed by atoms with E-state index in [1.165, 1.54) is 40.3 Å². The number of carbonyl (C=O) groups is 2. The normalized spacial score (nSPS) is 18.7. The molecule has 7 rings (SSSR count). The van der Waals surface area contributed by atoms with Gasteiger partial charge in [0, 0.05) is 61.7 Å². The molecule has 0 spiro atoms. The summed E-state index contributed by atoms with van der Waals surface area (Å²) in [4.78, 5) is 72.1. The second-order valence-corrected chi connectivity index (χ2v) is 12.5. The molecule has 0 fully saturated rings. The summed E-state index contributed by atoms with van der Waals surface area (Å²) in [5.74, 6) is -2.46. The molecule has 2 aromatic heterocycles. The summed E-state index contributed by atoms with van der Waals surface area (Å²) in [5, 5.41) is 9.84. The van der Waals surface area contributed by atoms with E-state index in [0.29, 0.717) is 33.7 Å². The largest absolute Gasteiger partial charge is 0.505 e. The van der Waals surface area contributed by atoms with E-state index in [1.54, 1.807) is 25.3 Å². The second-order valence-electron chi connectivity index (χ2n) is 11.7. The lowest BCUT2D eigenvalue weighted by molar-refractivity contribution is -0.115. The Morgan fingerprint density at radius 2 is 1.77 bits per heavy atom. The van der Waals surface area contributed by atoms with E-state index in [0.717, 1.165) is 16.7 Å². The molecule has 2 aromatic carbocycles. The van der Waals surface area contributed by atoms with E-state index in [1.807, 2.05) is 0 Å². The number of aromatic hydroxyl groups is 1. The van der Waals surface area contributed by atoms with Crippen molar-refractivity contribution in [2.45, 2.75) is 37.9 Å². The average molecular weight is 721 g/mol. The van der Waals surface area contributed by atoms with E-state index < -0.39 is 52.0 Å². The Hall–Kier alpha value is -5.31. The first-order valence-corrected chi connectivity index (χ1v) is 15.7. The van der Waals surface area contributed by atoms with Gasteiger partial charge in [0.15, 0.2) is 34.6 Å². The van der Waals surface area contributed by atoms with Crippen LogP contribution < -0.4 is 26.4 Å². The SMILES string of the molecule is COc1cc2nc(CCn3c(=O)n4n(c3=O)[C@@H]3CC5=C(C(=O)C=C(Br)C5=O)[C@@H](c5ccc(O)c(F)c5)C3=CC4)c(=O)n(C)c2cc1OC. The minimum atomic E-state index is -0.915. The Kier molecular flexibility index (Phi) is 7.46. The molecule has 15 heteroatoms. The summed E-state index contributed by atoms with van der Waals surface area (Å²) in [6.45, 7) is -0.202. The number of ketones is 2. The zero-order chi connectivity index (χ0) is 34.2. The van der Waals surface area contributed by atoms with Crippen molar-refractivity contribution in [1.82, 2.24) is 23.5 Å². The topological polar surface area (TPSA) is 157 Å². The van der Waals surface area contributed by atoms with E-state index in [-0.39, 0.29) is 47.3 Å². The minimum Gasteiger partial charge on any atom is -0.505 e. The van der Waals surface area contributed by atoms with Crippen LogP contribution in [0.25, 0.3) is 11.0 Å². The third-order valence-corrected chi connectivity index (χ3v) is 9.79. The molecule has 0 bridgehead atoms. The lowest BCUT2D eigenvalue weighted by Gasteiger charge is -2.39. The van der Waals surface area contributed by atoms with Gasteiger partial charge in [-0.25, -0.2) is 32.9 Å². The number of hydrogen-bond donors (Lipinski definition) is 1. The van der Waals surface area contributed by atoms with Gasteiger partial charge in [0.2, 0.25) is 0 Å². The first kappa shape index (κ1) is 31.3. The van der Waals surface area contributed by atoms with E-state index >= 15 is 0 Å². The molecule has 3 aliphatic rings. The van der Waals surface area contributed by atoms with Gasteiger partial charge >= 0.3 is 11.4 Å². The average Bonchev–Trinajstić information content (AvgIpc) is 3.32. The van der Waals surface area contributed by atoms with Gasteiger partial charge in [0.1, 0.15) is 5.69 Å². The number of phenolic OH excluding ortho intramolecular Hbond substituents is 1. The first-order valence-electron chi connectivity index (χ1n) is 14.9. The molecule has 2 atom stereocenters. The fourth-order valence-electron chi connectivity index (χ4n) is 6.89. The van der Waals surface area contributed by atoms with Gasteiger partial charge in [-0.15, -0.1) is 0 Å². The Bertz CT molecular complexity index is 2400. The van der Waals surface area contributed by atoms with Crippen molar-refractivity contribution in [3.05, 3.63) is 112 Å². The zero-order valence-electron chi connectivity index (χ0n) is 25.8. The molecule has 4 aromatic rings. The van der Waals surface area contributed by atoms with Crippen molar-refractivity contribution in [2.75, 3.05) is 14.2 Å². The van der Waals surface area contributed by atoms with Crippen LogP contribution in [0, 0.1) is 5.82 Å². The standard InChI is InChI=1S/C33H27BrFN5O8/c1-37-23-14-27(48-3)26(47-2)13-21(23)36-20(31(37)44)7-8-38-32(45)39-9-6-16-22(40(39)33(38)46)11-17-29(25(42)12-18(34)30(17)43)28(16)15-4-5-24(41)19(35)10-15/h4-6,10,12-14,22,28,41H,7-9,11H2,1-3H3/t22-,28+/m1/s1. The number of aryl methyl sites for hydroxylation is 2. The number of Topliss-reactive ketones (excluding diaryl/α,β-unsaturated/α-hetero) is 1. The van der Waals surface area contributed by atoms with Crippen LogP contribution in [0.2, 0.25) is 0 Å². The number of methoxy groups -OCH3 is 2. The summed E-state index contributed by atoms with van der Waals surface area (Å²) in [6, 6.07) is 6.13. The molecule has 1 aliphatic heterocycles. The highest BCUT2D eigenvalue weighted by Gasteiger charge is 2.45. The number of hydrogen-bond acceptors (Lipinski definition) is 9. The third kappa shape index (κ3) is 4.63. The van der Waals surface area contributed by atoms with Gasteiger partial charge in [-0.3, -0.25) is 14.4 Å². The molecule has 0 unspecified atom stereocenters. The molecule has 0 saturated heterocycles. The predicted octanol–water partition coefficient (Wildman–Crippen LogP) is 2.56. The van der Waals surface area contributed by atoms with Crippen LogP contribution in [-0.2, 0) is 36.1 Å². The molecule has 13 nitrogen and oxygen atoms in total. The molecule has 1 N–H and O–H groups in total. The van der Waals surface area contributed by atoms with Crippen molar-refractivity contribution in [1.29, 1.82) is 0 Å². The molecule has 0 radical (unpaired) electrons. The zero-order valence-corrected chi connectivity index (χ0v) is 27.4. The summed E-state index contributed by atoms with van der Waals surface area (Å²) in [7, 11) is 4.54. The first-order chi connectivity index (χ1) is 22.9. The maximum Gasteiger partial charge on any atom is 0.347 e. The van der Waals surface area contributed by atoms with Crippen LogP contribution in [-0.4, -0.2) is 54.4 Å². The maximum absolute atomic E-state index is 14.6. The quantitative estimate of drug-likeness (QED) is 0.234. The van der Waals surface area contributed by atoms with Crippen LogP contribution in [0.15, 0.2) is 78.1 Å². The van der Waals surface area contributed by atoms with E-state index in [9.17, 15) is 33.5 Å². The van der Waals surface area contributed by atoms with Gasteiger partial charge in [-0.2, -0.15) is 0 Å². The van der Waals surface area contributed by atoms with Crippen LogP contribution in [0.3, 0.4) is 0 Å². The molecule has 2 aliphatic carbocycles. The number of aromatic nitrogens is 5. The second kappa shape index (κ2) is 11.4. The molecule has 0 amide bonds. The fourth-order valence-corrected chi connectivity index (χ4v) is 7.34. The fraction of sp³-hybridized carbons (Fsp3) is 0.273. The molecule has 48 heavy (non-hydrogen) atoms. The molecule has 246 valence electrons. The Morgan fingerprint density at radius 3 is 2.48 bits per heavy atom. The number of ether oxygens (including phenoxy) is 2. The summed E-state index contributed by atoms with van der Waals surface area (Å²) in [5.41, 5.74) is 0.515. The maximum atomic E-state index is 14.6. The van der Waals surface area contributed by atoms with Gasteiger partial charge < -0.3 is 19.1 Å². The molecular weight excluding hydrogens is 693 g/mol. The number of benzene rings is 2. The number of fused-ring (bicyclic) bond motifs is 4. The van der Waals surface area contributed by atoms with Crippen molar-refractivity contribution in [3.8, 4) is 17.2 Å². The minimum absolute atomic E-state index is 0.0358. The highest BCUT2D eigenvalue weighted by atomic mass is 79.9. The van der Waals surface area contributed by atoms with Crippen molar-refractivity contribution in [3.63, 3.8) is 0 Å². The summed E-state index contributed by atoms with van der Waals surface area (Å²) >= 11 is 3.16. The Labute approximate surface area is 278 Å². The molecule has 3 heterocycles. The number of halogens is 2. The van der Waals surface area contributed by atoms with Gasteiger partial charge in [-0.05, 0) is 39.2 Å². The predicted molar refractivity (Wildman–Crippen MR) is 173 cm³/mol. The number of phenols is 1. The molecular formula is C33H27BrFN5O8. The monoisotopic (exact) mass is 719 g/mol. The Balaban J connectivity index is 1.29. The van der Waals surface area contributed by atoms with Crippen LogP contribution in [0.1, 0.15) is 29.6 Å². The summed E-state index contributed by atoms with van der Waals surface area (Å²) in [6.07, 6.45) is 2.77. The Morgan fingerprint density at radius 1 is 1.04 bits per heavy atom. The van der Waals surface area contributed by atoms with E-state index in [4.69, 9.17) is 9.47 Å². The number of carbonyl (C=O) groups excluding carboxylic acids is 2. The third-order valence-electron chi connectivity index (χ3n) is 9.20. The highest BCUT2D eigenvalue weighted by molar-refractivity contribution is 9.12.